The molecule has 20 heavy (non-hydrogen) atoms. The second-order valence-electron chi connectivity index (χ2n) is 5.12. The number of rotatable bonds is 2. The molecule has 6 nitrogen and oxygen atoms in total. The number of oxazole rings is 1. The van der Waals surface area contributed by atoms with Crippen molar-refractivity contribution in [1.82, 2.24) is 10.3 Å². The number of hydrogen-bond donors (Lipinski definition) is 2. The maximum atomic E-state index is 11.8. The van der Waals surface area contributed by atoms with Gasteiger partial charge in [0.1, 0.15) is 5.52 Å². The van der Waals surface area contributed by atoms with Gasteiger partial charge in [0.2, 0.25) is 5.91 Å². The van der Waals surface area contributed by atoms with E-state index >= 15 is 0 Å². The van der Waals surface area contributed by atoms with Gasteiger partial charge in [0.25, 0.3) is 6.01 Å². The van der Waals surface area contributed by atoms with Crippen LogP contribution in [0, 0.1) is 5.92 Å². The molecule has 2 heterocycles. The molecule has 0 aliphatic carbocycles. The van der Waals surface area contributed by atoms with Crippen LogP contribution in [-0.2, 0) is 4.79 Å². The van der Waals surface area contributed by atoms with Gasteiger partial charge < -0.3 is 20.4 Å². The second kappa shape index (κ2) is 5.03. The molecule has 1 atom stereocenters. The standard InChI is InChI=1S/C14H18N4O2/c1-16-13(19)9-3-2-6-18(8-9)14-17-11-5-4-10(15)7-12(11)20-14/h4-5,7,9H,2-3,6,8,15H2,1H3,(H,16,19). The van der Waals surface area contributed by atoms with Gasteiger partial charge in [-0.1, -0.05) is 0 Å². The average Bonchev–Trinajstić information content (AvgIpc) is 2.89. The molecule has 2 aromatic rings. The molecule has 1 amide bonds. The number of piperidine rings is 1. The van der Waals surface area contributed by atoms with E-state index in [-0.39, 0.29) is 11.8 Å². The fourth-order valence-corrected chi connectivity index (χ4v) is 2.63. The highest BCUT2D eigenvalue weighted by Gasteiger charge is 2.27. The van der Waals surface area contributed by atoms with Gasteiger partial charge in [-0.05, 0) is 25.0 Å². The Bertz CT molecular complexity index is 637. The lowest BCUT2D eigenvalue weighted by atomic mass is 9.97. The van der Waals surface area contributed by atoms with Crippen molar-refractivity contribution in [2.24, 2.45) is 5.92 Å². The number of aromatic nitrogens is 1. The first-order valence-electron chi connectivity index (χ1n) is 6.80. The van der Waals surface area contributed by atoms with Gasteiger partial charge in [0.15, 0.2) is 5.58 Å². The largest absolute Gasteiger partial charge is 0.423 e. The van der Waals surface area contributed by atoms with Crippen molar-refractivity contribution in [2.75, 3.05) is 30.8 Å². The molecular weight excluding hydrogens is 256 g/mol. The van der Waals surface area contributed by atoms with Gasteiger partial charge >= 0.3 is 0 Å². The monoisotopic (exact) mass is 274 g/mol. The topological polar surface area (TPSA) is 84.4 Å². The molecule has 6 heteroatoms. The molecule has 3 rings (SSSR count). The van der Waals surface area contributed by atoms with Crippen LogP contribution < -0.4 is 16.0 Å². The van der Waals surface area contributed by atoms with Crippen LogP contribution in [0.15, 0.2) is 22.6 Å². The summed E-state index contributed by atoms with van der Waals surface area (Å²) >= 11 is 0. The number of carbonyl (C=O) groups excluding carboxylic acids is 1. The normalized spacial score (nSPS) is 19.2. The molecule has 0 bridgehead atoms. The molecular formula is C14H18N4O2. The van der Waals surface area contributed by atoms with Crippen LogP contribution >= 0.6 is 0 Å². The molecule has 1 aromatic heterocycles. The van der Waals surface area contributed by atoms with Gasteiger partial charge in [-0.3, -0.25) is 4.79 Å². The SMILES string of the molecule is CNC(=O)C1CCCN(c2nc3ccc(N)cc3o2)C1. The van der Waals surface area contributed by atoms with Gasteiger partial charge in [-0.2, -0.15) is 4.98 Å². The number of nitrogens with two attached hydrogens (primary N) is 1. The van der Waals surface area contributed by atoms with Crippen LogP contribution in [0.25, 0.3) is 11.1 Å². The summed E-state index contributed by atoms with van der Waals surface area (Å²) < 4.78 is 5.75. The Labute approximate surface area is 116 Å². The van der Waals surface area contributed by atoms with Crippen molar-refractivity contribution < 1.29 is 9.21 Å². The summed E-state index contributed by atoms with van der Waals surface area (Å²) in [6.07, 6.45) is 1.86. The molecule has 1 aromatic carbocycles. The summed E-state index contributed by atoms with van der Waals surface area (Å²) in [5.41, 5.74) is 7.86. The zero-order chi connectivity index (χ0) is 14.1. The van der Waals surface area contributed by atoms with Crippen molar-refractivity contribution in [3.05, 3.63) is 18.2 Å². The van der Waals surface area contributed by atoms with E-state index < -0.39 is 0 Å². The van der Waals surface area contributed by atoms with Crippen molar-refractivity contribution in [1.29, 1.82) is 0 Å². The lowest BCUT2D eigenvalue weighted by Crippen LogP contribution is -2.42. The lowest BCUT2D eigenvalue weighted by Gasteiger charge is -2.30. The van der Waals surface area contributed by atoms with Crippen molar-refractivity contribution in [3.63, 3.8) is 0 Å². The van der Waals surface area contributed by atoms with Crippen molar-refractivity contribution in [3.8, 4) is 0 Å². The number of amides is 1. The second-order valence-corrected chi connectivity index (χ2v) is 5.12. The quantitative estimate of drug-likeness (QED) is 0.808. The Morgan fingerprint density at radius 1 is 1.55 bits per heavy atom. The fraction of sp³-hybridized carbons (Fsp3) is 0.429. The lowest BCUT2D eigenvalue weighted by molar-refractivity contribution is -0.124. The first-order chi connectivity index (χ1) is 9.67. The van der Waals surface area contributed by atoms with Crippen LogP contribution in [0.3, 0.4) is 0 Å². The Morgan fingerprint density at radius 3 is 3.20 bits per heavy atom. The van der Waals surface area contributed by atoms with Crippen LogP contribution in [0.1, 0.15) is 12.8 Å². The third-order valence-corrected chi connectivity index (χ3v) is 3.71. The maximum absolute atomic E-state index is 11.8. The fourth-order valence-electron chi connectivity index (χ4n) is 2.63. The summed E-state index contributed by atoms with van der Waals surface area (Å²) in [5, 5.41) is 2.71. The summed E-state index contributed by atoms with van der Waals surface area (Å²) in [4.78, 5) is 18.3. The Morgan fingerprint density at radius 2 is 2.40 bits per heavy atom. The van der Waals surface area contributed by atoms with Gasteiger partial charge in [-0.15, -0.1) is 0 Å². The molecule has 0 saturated carbocycles. The van der Waals surface area contributed by atoms with E-state index in [1.807, 2.05) is 11.0 Å². The Hall–Kier alpha value is -2.24. The Balaban J connectivity index is 1.84. The van der Waals surface area contributed by atoms with Crippen LogP contribution in [0.5, 0.6) is 0 Å². The van der Waals surface area contributed by atoms with Crippen molar-refractivity contribution >= 4 is 28.7 Å². The van der Waals surface area contributed by atoms with Crippen LogP contribution in [-0.4, -0.2) is 31.0 Å². The molecule has 0 radical (unpaired) electrons. The highest BCUT2D eigenvalue weighted by Crippen LogP contribution is 2.27. The van der Waals surface area contributed by atoms with Crippen molar-refractivity contribution in [2.45, 2.75) is 12.8 Å². The minimum atomic E-state index is -0.00571. The number of fused-ring (bicyclic) bond motifs is 1. The minimum Gasteiger partial charge on any atom is -0.423 e. The van der Waals surface area contributed by atoms with Crippen LogP contribution in [0.4, 0.5) is 11.7 Å². The molecule has 106 valence electrons. The highest BCUT2D eigenvalue weighted by molar-refractivity contribution is 5.80. The third-order valence-electron chi connectivity index (χ3n) is 3.71. The molecule has 1 fully saturated rings. The van der Waals surface area contributed by atoms with E-state index in [1.54, 1.807) is 19.2 Å². The molecule has 3 N–H and O–H groups in total. The molecule has 0 spiro atoms. The number of benzene rings is 1. The maximum Gasteiger partial charge on any atom is 0.298 e. The zero-order valence-corrected chi connectivity index (χ0v) is 11.4. The highest BCUT2D eigenvalue weighted by atomic mass is 16.4. The number of carbonyl (C=O) groups is 1. The third kappa shape index (κ3) is 2.29. The van der Waals surface area contributed by atoms with Gasteiger partial charge in [0, 0.05) is 31.9 Å². The number of anilines is 2. The molecule has 1 unspecified atom stereocenters. The van der Waals surface area contributed by atoms with Crippen LogP contribution in [0.2, 0.25) is 0 Å². The van der Waals surface area contributed by atoms with E-state index in [0.29, 0.717) is 23.8 Å². The first-order valence-corrected chi connectivity index (χ1v) is 6.80. The number of hydrogen-bond acceptors (Lipinski definition) is 5. The Kier molecular flexibility index (Phi) is 3.22. The predicted octanol–water partition coefficient (Wildman–Crippen LogP) is 1.37. The molecule has 1 saturated heterocycles. The summed E-state index contributed by atoms with van der Waals surface area (Å²) in [6, 6.07) is 5.99. The molecule has 1 aliphatic rings. The van der Waals surface area contributed by atoms with Gasteiger partial charge in [0.05, 0.1) is 5.92 Å². The van der Waals surface area contributed by atoms with Gasteiger partial charge in [-0.25, -0.2) is 0 Å². The summed E-state index contributed by atoms with van der Waals surface area (Å²) in [7, 11) is 1.67. The first kappa shape index (κ1) is 12.8. The van der Waals surface area contributed by atoms with E-state index in [0.717, 1.165) is 24.9 Å². The predicted molar refractivity (Wildman–Crippen MR) is 77.4 cm³/mol. The zero-order valence-electron chi connectivity index (χ0n) is 11.4. The summed E-state index contributed by atoms with van der Waals surface area (Å²) in [6.45, 7) is 1.50. The number of nitrogens with one attached hydrogen (secondary N) is 1. The number of nitrogen functional groups attached to an aromatic ring is 1. The minimum absolute atomic E-state index is 0.00571. The summed E-state index contributed by atoms with van der Waals surface area (Å²) in [5.74, 6) is 0.0730. The average molecular weight is 274 g/mol. The van der Waals surface area contributed by atoms with E-state index in [4.69, 9.17) is 10.2 Å². The number of nitrogens with zero attached hydrogens (tertiary/aromatic N) is 2. The molecule has 1 aliphatic heterocycles. The van der Waals surface area contributed by atoms with E-state index in [2.05, 4.69) is 10.3 Å². The smallest absolute Gasteiger partial charge is 0.298 e. The van der Waals surface area contributed by atoms with E-state index in [9.17, 15) is 4.79 Å². The van der Waals surface area contributed by atoms with E-state index in [1.165, 1.54) is 0 Å².